The Bertz CT molecular complexity index is 1420. The van der Waals surface area contributed by atoms with Crippen LogP contribution in [0, 0.1) is 0 Å². The highest BCUT2D eigenvalue weighted by molar-refractivity contribution is 5.96. The van der Waals surface area contributed by atoms with E-state index in [0.29, 0.717) is 23.4 Å². The molecule has 0 saturated heterocycles. The van der Waals surface area contributed by atoms with E-state index < -0.39 is 17.6 Å². The number of hydrogen-bond acceptors (Lipinski definition) is 4. The van der Waals surface area contributed by atoms with E-state index in [2.05, 4.69) is 12.0 Å². The maximum absolute atomic E-state index is 13.3. The zero-order chi connectivity index (χ0) is 26.2. The predicted molar refractivity (Wildman–Crippen MR) is 143 cm³/mol. The number of carboxylic acids is 1. The molecule has 0 radical (unpaired) electrons. The monoisotopic (exact) mass is 497 g/mol. The van der Waals surface area contributed by atoms with Crippen LogP contribution in [0.5, 0.6) is 0 Å². The zero-order valence-electron chi connectivity index (χ0n) is 21.0. The van der Waals surface area contributed by atoms with Crippen molar-refractivity contribution in [2.24, 2.45) is 0 Å². The lowest BCUT2D eigenvalue weighted by molar-refractivity contribution is 0.0697. The average Bonchev–Trinajstić information content (AvgIpc) is 3.23. The molecule has 4 rings (SSSR count). The molecule has 0 saturated carbocycles. The molecule has 3 aromatic carbocycles. The Morgan fingerprint density at radius 1 is 0.838 bits per heavy atom. The molecule has 0 aliphatic carbocycles. The van der Waals surface area contributed by atoms with Gasteiger partial charge in [-0.25, -0.2) is 9.59 Å². The van der Waals surface area contributed by atoms with Crippen LogP contribution in [0.3, 0.4) is 0 Å². The van der Waals surface area contributed by atoms with Gasteiger partial charge in [-0.15, -0.1) is 9.78 Å². The predicted octanol–water partition coefficient (Wildman–Crippen LogP) is 5.66. The summed E-state index contributed by atoms with van der Waals surface area (Å²) < 4.78 is 2.54. The van der Waals surface area contributed by atoms with E-state index in [0.717, 1.165) is 41.5 Å². The van der Waals surface area contributed by atoms with Crippen LogP contribution in [-0.2, 0) is 13.0 Å². The Kier molecular flexibility index (Phi) is 8.46. The summed E-state index contributed by atoms with van der Waals surface area (Å²) in [5, 5.41) is 14.0. The van der Waals surface area contributed by atoms with E-state index in [1.807, 2.05) is 30.3 Å². The first-order chi connectivity index (χ1) is 18.0. The molecular weight excluding hydrogens is 466 g/mol. The zero-order valence-corrected chi connectivity index (χ0v) is 21.0. The fourth-order valence-electron chi connectivity index (χ4n) is 4.40. The summed E-state index contributed by atoms with van der Waals surface area (Å²) in [5.74, 6) is -0.839. The van der Waals surface area contributed by atoms with Gasteiger partial charge in [0.1, 0.15) is 5.82 Å². The Morgan fingerprint density at radius 2 is 1.51 bits per heavy atom. The maximum Gasteiger partial charge on any atom is 0.353 e. The van der Waals surface area contributed by atoms with Crippen molar-refractivity contribution >= 4 is 11.9 Å². The molecule has 37 heavy (non-hydrogen) atoms. The topological polar surface area (TPSA) is 94.2 Å². The Hall–Kier alpha value is -4.26. The Labute approximate surface area is 216 Å². The van der Waals surface area contributed by atoms with Gasteiger partial charge in [0, 0.05) is 12.0 Å². The Morgan fingerprint density at radius 3 is 2.22 bits per heavy atom. The molecule has 0 bridgehead atoms. The summed E-state index contributed by atoms with van der Waals surface area (Å²) >= 11 is 0. The summed E-state index contributed by atoms with van der Waals surface area (Å²) in [6, 6.07) is 23.0. The SMILES string of the molecule is CCCCCCCc1nn(C(=O)c2ccccc2)c(=O)n1Cc1ccc(-c2ccccc2C(=O)O)cc1. The molecule has 7 heteroatoms. The smallest absolute Gasteiger partial charge is 0.353 e. The van der Waals surface area contributed by atoms with E-state index in [1.54, 1.807) is 53.1 Å². The van der Waals surface area contributed by atoms with Gasteiger partial charge in [-0.3, -0.25) is 9.36 Å². The van der Waals surface area contributed by atoms with Gasteiger partial charge in [-0.05, 0) is 41.3 Å². The summed E-state index contributed by atoms with van der Waals surface area (Å²) in [7, 11) is 0. The average molecular weight is 498 g/mol. The van der Waals surface area contributed by atoms with Crippen molar-refractivity contribution in [2.45, 2.75) is 52.0 Å². The first kappa shape index (κ1) is 25.8. The molecule has 1 aromatic heterocycles. The second-order valence-electron chi connectivity index (χ2n) is 9.08. The maximum atomic E-state index is 13.3. The number of unbranched alkanes of at least 4 members (excludes halogenated alkanes) is 4. The second kappa shape index (κ2) is 12.1. The minimum absolute atomic E-state index is 0.234. The lowest BCUT2D eigenvalue weighted by Crippen LogP contribution is -2.30. The van der Waals surface area contributed by atoms with Gasteiger partial charge < -0.3 is 5.11 Å². The second-order valence-corrected chi connectivity index (χ2v) is 9.08. The van der Waals surface area contributed by atoms with Crippen LogP contribution in [0.15, 0.2) is 83.7 Å². The number of hydrogen-bond donors (Lipinski definition) is 1. The molecular formula is C30H31N3O4. The fraction of sp³-hybridized carbons (Fsp3) is 0.267. The highest BCUT2D eigenvalue weighted by atomic mass is 16.4. The summed E-state index contributed by atoms with van der Waals surface area (Å²) in [4.78, 5) is 38.0. The number of aromatic carboxylic acids is 1. The van der Waals surface area contributed by atoms with E-state index in [-0.39, 0.29) is 12.1 Å². The molecule has 0 aliphatic heterocycles. The molecule has 0 aliphatic rings. The van der Waals surface area contributed by atoms with Crippen LogP contribution in [0.2, 0.25) is 0 Å². The molecule has 0 fully saturated rings. The van der Waals surface area contributed by atoms with Gasteiger partial charge in [-0.2, -0.15) is 0 Å². The summed E-state index contributed by atoms with van der Waals surface area (Å²) in [6.07, 6.45) is 5.99. The van der Waals surface area contributed by atoms with Crippen molar-refractivity contribution in [3.05, 3.63) is 112 Å². The first-order valence-electron chi connectivity index (χ1n) is 12.7. The normalized spacial score (nSPS) is 10.9. The van der Waals surface area contributed by atoms with Crippen molar-refractivity contribution in [3.63, 3.8) is 0 Å². The van der Waals surface area contributed by atoms with Crippen molar-refractivity contribution in [1.29, 1.82) is 0 Å². The number of nitrogens with zero attached hydrogens (tertiary/aromatic N) is 3. The lowest BCUT2D eigenvalue weighted by atomic mass is 9.99. The van der Waals surface area contributed by atoms with Crippen molar-refractivity contribution < 1.29 is 14.7 Å². The Balaban J connectivity index is 1.62. The molecule has 7 nitrogen and oxygen atoms in total. The van der Waals surface area contributed by atoms with Crippen molar-refractivity contribution in [2.75, 3.05) is 0 Å². The molecule has 0 amide bonds. The third-order valence-corrected chi connectivity index (χ3v) is 6.42. The quantitative estimate of drug-likeness (QED) is 0.270. The van der Waals surface area contributed by atoms with E-state index in [4.69, 9.17) is 0 Å². The first-order valence-corrected chi connectivity index (χ1v) is 12.7. The highest BCUT2D eigenvalue weighted by Crippen LogP contribution is 2.24. The minimum Gasteiger partial charge on any atom is -0.478 e. The number of rotatable bonds is 11. The van der Waals surface area contributed by atoms with Crippen LogP contribution in [-0.4, -0.2) is 31.3 Å². The van der Waals surface area contributed by atoms with Gasteiger partial charge in [0.05, 0.1) is 12.1 Å². The van der Waals surface area contributed by atoms with Gasteiger partial charge in [0.2, 0.25) is 0 Å². The molecule has 1 N–H and O–H groups in total. The van der Waals surface area contributed by atoms with Crippen LogP contribution in [0.25, 0.3) is 11.1 Å². The molecule has 190 valence electrons. The molecule has 0 spiro atoms. The summed E-state index contributed by atoms with van der Waals surface area (Å²) in [6.45, 7) is 2.44. The number of aryl methyl sites for hydroxylation is 1. The van der Waals surface area contributed by atoms with Gasteiger partial charge in [0.25, 0.3) is 5.91 Å². The highest BCUT2D eigenvalue weighted by Gasteiger charge is 2.20. The largest absolute Gasteiger partial charge is 0.478 e. The third kappa shape index (κ3) is 6.12. The number of carbonyl (C=O) groups is 2. The van der Waals surface area contributed by atoms with E-state index in [1.165, 1.54) is 6.42 Å². The molecule has 1 heterocycles. The number of aromatic nitrogens is 3. The number of carbonyl (C=O) groups excluding carboxylic acids is 1. The van der Waals surface area contributed by atoms with Gasteiger partial charge in [0.15, 0.2) is 0 Å². The lowest BCUT2D eigenvalue weighted by Gasteiger charge is -2.09. The third-order valence-electron chi connectivity index (χ3n) is 6.42. The van der Waals surface area contributed by atoms with Gasteiger partial charge in [-0.1, -0.05) is 93.3 Å². The van der Waals surface area contributed by atoms with Crippen molar-refractivity contribution in [1.82, 2.24) is 14.3 Å². The van der Waals surface area contributed by atoms with Crippen LogP contribution >= 0.6 is 0 Å². The van der Waals surface area contributed by atoms with E-state index in [9.17, 15) is 19.5 Å². The standard InChI is InChI=1S/C30H31N3O4/c1-2-3-4-5-9-16-27-31-33(28(34)24-12-7-6-8-13-24)30(37)32(27)21-22-17-19-23(20-18-22)25-14-10-11-15-26(25)29(35)36/h6-8,10-15,17-20H,2-5,9,16,21H2,1H3,(H,35,36). The van der Waals surface area contributed by atoms with Crippen LogP contribution in [0.1, 0.15) is 71.1 Å². The number of benzene rings is 3. The van der Waals surface area contributed by atoms with Gasteiger partial charge >= 0.3 is 11.7 Å². The fourth-order valence-corrected chi connectivity index (χ4v) is 4.40. The van der Waals surface area contributed by atoms with Crippen molar-refractivity contribution in [3.8, 4) is 11.1 Å². The van der Waals surface area contributed by atoms with Crippen LogP contribution in [0.4, 0.5) is 0 Å². The van der Waals surface area contributed by atoms with E-state index >= 15 is 0 Å². The molecule has 0 atom stereocenters. The summed E-state index contributed by atoms with van der Waals surface area (Å²) in [5.41, 5.74) is 2.45. The number of carboxylic acid groups (broad SMARTS) is 1. The van der Waals surface area contributed by atoms with Crippen LogP contribution < -0.4 is 5.69 Å². The molecule has 4 aromatic rings. The molecule has 0 unspecified atom stereocenters. The minimum atomic E-state index is -0.981.